The number of carbonyl (C=O) groups is 2. The summed E-state index contributed by atoms with van der Waals surface area (Å²) in [5.41, 5.74) is 5.19. The summed E-state index contributed by atoms with van der Waals surface area (Å²) in [6.45, 7) is 4.25. The average molecular weight is 567 g/mol. The number of nitrogen functional groups attached to an aromatic ring is 1. The van der Waals surface area contributed by atoms with Gasteiger partial charge in [-0.2, -0.15) is 10.4 Å². The summed E-state index contributed by atoms with van der Waals surface area (Å²) in [5.74, 6) is -0.612. The van der Waals surface area contributed by atoms with E-state index in [2.05, 4.69) is 15.2 Å². The van der Waals surface area contributed by atoms with Gasteiger partial charge >= 0.3 is 11.9 Å². The summed E-state index contributed by atoms with van der Waals surface area (Å²) in [6, 6.07) is 4.47. The topological polar surface area (TPSA) is 189 Å². The molecule has 15 heteroatoms. The van der Waals surface area contributed by atoms with Crippen molar-refractivity contribution >= 4 is 31.5 Å². The van der Waals surface area contributed by atoms with Crippen molar-refractivity contribution in [2.45, 2.75) is 57.3 Å². The number of methoxy groups -OCH3 is 1. The molecule has 0 spiro atoms. The van der Waals surface area contributed by atoms with Crippen LogP contribution in [0.2, 0.25) is 0 Å². The summed E-state index contributed by atoms with van der Waals surface area (Å²) >= 11 is 0. The summed E-state index contributed by atoms with van der Waals surface area (Å²) in [7, 11) is -1.69. The first-order valence-electron chi connectivity index (χ1n) is 12.6. The van der Waals surface area contributed by atoms with Crippen molar-refractivity contribution < 1.29 is 37.6 Å². The van der Waals surface area contributed by atoms with Gasteiger partial charge in [-0.3, -0.25) is 14.2 Å². The third-order valence-electron chi connectivity index (χ3n) is 6.44. The Balaban J connectivity index is 1.64. The van der Waals surface area contributed by atoms with Crippen LogP contribution >= 0.6 is 8.18 Å². The number of rotatable bonds is 14. The molecule has 3 N–H and O–H groups in total. The van der Waals surface area contributed by atoms with Gasteiger partial charge in [0, 0.05) is 33.2 Å². The molecule has 0 radical (unpaired) electrons. The van der Waals surface area contributed by atoms with Crippen molar-refractivity contribution in [1.29, 1.82) is 5.26 Å². The van der Waals surface area contributed by atoms with Crippen LogP contribution in [0.25, 0.3) is 5.52 Å². The molecule has 1 aliphatic heterocycles. The Bertz CT molecular complexity index is 1200. The van der Waals surface area contributed by atoms with Crippen LogP contribution < -0.4 is 10.8 Å². The van der Waals surface area contributed by atoms with Gasteiger partial charge in [0.15, 0.2) is 11.4 Å². The minimum atomic E-state index is -2.99. The molecule has 0 aromatic carbocycles. The standard InChI is InChI=1S/C24H35N6O8P/c1-4-21(31)38-20(18-5-6-19-22(26)27-15-28-30(18)19)11-24(13-25,34-3)14-37-39(33)29-16(2)23(32)36-12-17-7-9-35-10-8-17/h5-6,15-17,20,39H,4,7-12,14H2,1-3H3,(H,29,33)(H2,26,27,28)/t16-,20+,24+/m0/s1. The van der Waals surface area contributed by atoms with Crippen LogP contribution in [0.1, 0.15) is 51.3 Å². The van der Waals surface area contributed by atoms with Gasteiger partial charge in [0.2, 0.25) is 0 Å². The van der Waals surface area contributed by atoms with E-state index in [4.69, 9.17) is 29.2 Å². The number of anilines is 1. The van der Waals surface area contributed by atoms with Crippen molar-refractivity contribution in [3.63, 3.8) is 0 Å². The lowest BCUT2D eigenvalue weighted by molar-refractivity contribution is -0.153. The first-order valence-corrected chi connectivity index (χ1v) is 13.9. The third kappa shape index (κ3) is 8.20. The smallest absolute Gasteiger partial charge is 0.323 e. The van der Waals surface area contributed by atoms with E-state index in [-0.39, 0.29) is 31.2 Å². The quantitative estimate of drug-likeness (QED) is 0.249. The van der Waals surface area contributed by atoms with Gasteiger partial charge in [-0.05, 0) is 37.8 Å². The van der Waals surface area contributed by atoms with Crippen molar-refractivity contribution in [1.82, 2.24) is 19.7 Å². The van der Waals surface area contributed by atoms with Crippen LogP contribution in [-0.2, 0) is 37.6 Å². The van der Waals surface area contributed by atoms with Crippen molar-refractivity contribution in [2.75, 3.05) is 39.3 Å². The fourth-order valence-corrected chi connectivity index (χ4v) is 4.91. The molecule has 4 atom stereocenters. The monoisotopic (exact) mass is 566 g/mol. The lowest BCUT2D eigenvalue weighted by Gasteiger charge is -2.29. The third-order valence-corrected chi connectivity index (χ3v) is 7.51. The molecular weight excluding hydrogens is 531 g/mol. The normalized spacial score (nSPS) is 18.0. The highest BCUT2D eigenvalue weighted by Gasteiger charge is 2.38. The largest absolute Gasteiger partial charge is 0.464 e. The molecule has 1 unspecified atom stereocenters. The number of hydrogen-bond acceptors (Lipinski definition) is 12. The van der Waals surface area contributed by atoms with E-state index in [1.54, 1.807) is 19.1 Å². The van der Waals surface area contributed by atoms with Gasteiger partial charge in [-0.15, -0.1) is 0 Å². The van der Waals surface area contributed by atoms with Gasteiger partial charge < -0.3 is 29.2 Å². The molecule has 1 aliphatic rings. The number of fused-ring (bicyclic) bond motifs is 1. The second-order valence-corrected chi connectivity index (χ2v) is 10.3. The maximum absolute atomic E-state index is 12.6. The number of nitrogens with one attached hydrogen (secondary N) is 1. The average Bonchev–Trinajstić information content (AvgIpc) is 3.39. The van der Waals surface area contributed by atoms with Gasteiger partial charge in [0.25, 0.3) is 8.18 Å². The predicted molar refractivity (Wildman–Crippen MR) is 139 cm³/mol. The summed E-state index contributed by atoms with van der Waals surface area (Å²) < 4.78 is 41.3. The molecule has 2 aromatic rings. The molecule has 1 saturated heterocycles. The Morgan fingerprint density at radius 2 is 2.13 bits per heavy atom. The van der Waals surface area contributed by atoms with E-state index in [1.807, 2.05) is 6.07 Å². The number of nitrogens with two attached hydrogens (primary N) is 1. The van der Waals surface area contributed by atoms with Crippen LogP contribution in [-0.4, -0.2) is 71.7 Å². The SMILES string of the molecule is CCC(=O)O[C@H](C[C@@](C#N)(CO[PH](=O)N[C@@H](C)C(=O)OCC1CCOCC1)OC)c1ccc2c(N)ncnn12. The number of nitriles is 1. The first kappa shape index (κ1) is 30.5. The van der Waals surface area contributed by atoms with Crippen LogP contribution in [0.4, 0.5) is 5.82 Å². The summed E-state index contributed by atoms with van der Waals surface area (Å²) in [4.78, 5) is 28.5. The Labute approximate surface area is 227 Å². The van der Waals surface area contributed by atoms with E-state index in [0.29, 0.717) is 24.4 Å². The van der Waals surface area contributed by atoms with Crippen LogP contribution in [0.3, 0.4) is 0 Å². The highest BCUT2D eigenvalue weighted by molar-refractivity contribution is 7.36. The zero-order chi connectivity index (χ0) is 28.4. The van der Waals surface area contributed by atoms with Gasteiger partial charge in [-0.25, -0.2) is 14.6 Å². The molecular formula is C24H35N6O8P. The van der Waals surface area contributed by atoms with Crippen molar-refractivity contribution in [2.24, 2.45) is 5.92 Å². The highest BCUT2D eigenvalue weighted by atomic mass is 31.1. The number of hydrogen-bond donors (Lipinski definition) is 2. The zero-order valence-corrected chi connectivity index (χ0v) is 23.3. The Kier molecular flexibility index (Phi) is 11.2. The van der Waals surface area contributed by atoms with Crippen LogP contribution in [0.5, 0.6) is 0 Å². The Morgan fingerprint density at radius 1 is 1.38 bits per heavy atom. The minimum absolute atomic E-state index is 0.0973. The van der Waals surface area contributed by atoms with Crippen LogP contribution in [0.15, 0.2) is 18.5 Å². The molecule has 2 aromatic heterocycles. The van der Waals surface area contributed by atoms with Gasteiger partial charge in [-0.1, -0.05) is 6.92 Å². The van der Waals surface area contributed by atoms with E-state index < -0.39 is 44.5 Å². The fraction of sp³-hybridized carbons (Fsp3) is 0.625. The lowest BCUT2D eigenvalue weighted by atomic mass is 9.96. The molecule has 0 amide bonds. The molecule has 0 bridgehead atoms. The lowest BCUT2D eigenvalue weighted by Crippen LogP contribution is -2.38. The Morgan fingerprint density at radius 3 is 2.79 bits per heavy atom. The first-order chi connectivity index (χ1) is 18.7. The van der Waals surface area contributed by atoms with E-state index in [0.717, 1.165) is 12.8 Å². The second-order valence-electron chi connectivity index (χ2n) is 9.17. The van der Waals surface area contributed by atoms with Crippen LogP contribution in [0, 0.1) is 17.2 Å². The van der Waals surface area contributed by atoms with Gasteiger partial charge in [0.05, 0.1) is 18.9 Å². The number of esters is 2. The van der Waals surface area contributed by atoms with E-state index in [9.17, 15) is 19.4 Å². The number of carbonyl (C=O) groups excluding carboxylic acids is 2. The molecule has 14 nitrogen and oxygen atoms in total. The molecule has 3 rings (SSSR count). The van der Waals surface area contributed by atoms with Crippen molar-refractivity contribution in [3.8, 4) is 6.07 Å². The number of aromatic nitrogens is 3. The number of nitrogens with zero attached hydrogens (tertiary/aromatic N) is 4. The fourth-order valence-electron chi connectivity index (χ4n) is 3.99. The highest BCUT2D eigenvalue weighted by Crippen LogP contribution is 2.33. The minimum Gasteiger partial charge on any atom is -0.464 e. The second kappa shape index (κ2) is 14.3. The maximum atomic E-state index is 12.6. The van der Waals surface area contributed by atoms with Gasteiger partial charge in [0.1, 0.15) is 30.1 Å². The van der Waals surface area contributed by atoms with E-state index in [1.165, 1.54) is 24.9 Å². The molecule has 1 fully saturated rings. The molecule has 39 heavy (non-hydrogen) atoms. The summed E-state index contributed by atoms with van der Waals surface area (Å²) in [6.07, 6.45) is 1.84. The molecule has 3 heterocycles. The Hall–Kier alpha value is -3.08. The molecule has 214 valence electrons. The molecule has 0 saturated carbocycles. The maximum Gasteiger partial charge on any atom is 0.323 e. The zero-order valence-electron chi connectivity index (χ0n) is 22.3. The number of ether oxygens (including phenoxy) is 4. The predicted octanol–water partition coefficient (Wildman–Crippen LogP) is 1.96. The van der Waals surface area contributed by atoms with E-state index >= 15 is 0 Å². The summed E-state index contributed by atoms with van der Waals surface area (Å²) in [5, 5.41) is 16.8. The van der Waals surface area contributed by atoms with Crippen molar-refractivity contribution in [3.05, 3.63) is 24.2 Å². The molecule has 0 aliphatic carbocycles.